The highest BCUT2D eigenvalue weighted by Crippen LogP contribution is 2.22. The first-order chi connectivity index (χ1) is 11.2. The van der Waals surface area contributed by atoms with E-state index in [2.05, 4.69) is 34.7 Å². The quantitative estimate of drug-likeness (QED) is 0.886. The van der Waals surface area contributed by atoms with Gasteiger partial charge in [-0.2, -0.15) is 0 Å². The second-order valence-corrected chi connectivity index (χ2v) is 6.26. The highest BCUT2D eigenvalue weighted by atomic mass is 16.1. The lowest BCUT2D eigenvalue weighted by molar-refractivity contribution is 0.0950. The number of aromatic nitrogens is 1. The zero-order valence-electron chi connectivity index (χ0n) is 13.5. The fraction of sp³-hybridized carbons (Fsp3) is 0.368. The van der Waals surface area contributed by atoms with Crippen molar-refractivity contribution in [3.63, 3.8) is 0 Å². The molecule has 0 unspecified atom stereocenters. The Morgan fingerprint density at radius 2 is 1.91 bits per heavy atom. The molecule has 1 aliphatic rings. The fourth-order valence-corrected chi connectivity index (χ4v) is 2.94. The molecule has 0 atom stereocenters. The van der Waals surface area contributed by atoms with Crippen molar-refractivity contribution < 1.29 is 4.79 Å². The number of pyridine rings is 1. The van der Waals surface area contributed by atoms with Crippen LogP contribution in [-0.2, 0) is 6.54 Å². The summed E-state index contributed by atoms with van der Waals surface area (Å²) < 4.78 is 0. The molecule has 1 aromatic carbocycles. The van der Waals surface area contributed by atoms with Gasteiger partial charge in [-0.05, 0) is 31.4 Å². The van der Waals surface area contributed by atoms with E-state index in [0.717, 1.165) is 11.3 Å². The van der Waals surface area contributed by atoms with Crippen molar-refractivity contribution in [2.24, 2.45) is 0 Å². The van der Waals surface area contributed by atoms with Crippen molar-refractivity contribution >= 4 is 11.6 Å². The number of hydrogen-bond donors (Lipinski definition) is 2. The van der Waals surface area contributed by atoms with Crippen molar-refractivity contribution in [2.45, 2.75) is 45.2 Å². The lowest BCUT2D eigenvalue weighted by Crippen LogP contribution is -2.23. The van der Waals surface area contributed by atoms with Gasteiger partial charge in [0.05, 0.1) is 11.3 Å². The Hall–Kier alpha value is -2.36. The van der Waals surface area contributed by atoms with Crippen LogP contribution in [0.3, 0.4) is 0 Å². The second-order valence-electron chi connectivity index (χ2n) is 6.26. The van der Waals surface area contributed by atoms with E-state index in [1.165, 1.54) is 31.2 Å². The SMILES string of the molecule is Cc1ccc(CNC(=O)c2cncc(NC3CCCC3)c2)cc1. The summed E-state index contributed by atoms with van der Waals surface area (Å²) in [6.07, 6.45) is 8.36. The number of nitrogens with one attached hydrogen (secondary N) is 2. The summed E-state index contributed by atoms with van der Waals surface area (Å²) in [4.78, 5) is 16.5. The number of carbonyl (C=O) groups excluding carboxylic acids is 1. The van der Waals surface area contributed by atoms with E-state index >= 15 is 0 Å². The summed E-state index contributed by atoms with van der Waals surface area (Å²) in [5, 5.41) is 6.42. The lowest BCUT2D eigenvalue weighted by atomic mass is 10.1. The number of nitrogens with zero attached hydrogens (tertiary/aromatic N) is 1. The van der Waals surface area contributed by atoms with Crippen molar-refractivity contribution in [1.82, 2.24) is 10.3 Å². The third-order valence-corrected chi connectivity index (χ3v) is 4.30. The molecule has 0 spiro atoms. The first-order valence-corrected chi connectivity index (χ1v) is 8.26. The summed E-state index contributed by atoms with van der Waals surface area (Å²) >= 11 is 0. The molecule has 0 aliphatic heterocycles. The highest BCUT2D eigenvalue weighted by molar-refractivity contribution is 5.94. The third kappa shape index (κ3) is 4.31. The normalized spacial score (nSPS) is 14.7. The minimum Gasteiger partial charge on any atom is -0.381 e. The number of benzene rings is 1. The monoisotopic (exact) mass is 309 g/mol. The van der Waals surface area contributed by atoms with Gasteiger partial charge in [0.25, 0.3) is 5.91 Å². The summed E-state index contributed by atoms with van der Waals surface area (Å²) in [7, 11) is 0. The number of aryl methyl sites for hydroxylation is 1. The Morgan fingerprint density at radius 1 is 1.17 bits per heavy atom. The van der Waals surface area contributed by atoms with Gasteiger partial charge >= 0.3 is 0 Å². The minimum absolute atomic E-state index is 0.0897. The Morgan fingerprint density at radius 3 is 2.65 bits per heavy atom. The summed E-state index contributed by atoms with van der Waals surface area (Å²) in [6.45, 7) is 2.58. The molecular formula is C19H23N3O. The number of rotatable bonds is 5. The van der Waals surface area contributed by atoms with Crippen LogP contribution in [0.4, 0.5) is 5.69 Å². The predicted molar refractivity (Wildman–Crippen MR) is 92.5 cm³/mol. The molecule has 23 heavy (non-hydrogen) atoms. The maximum Gasteiger partial charge on any atom is 0.253 e. The summed E-state index contributed by atoms with van der Waals surface area (Å²) in [6, 6.07) is 10.6. The standard InChI is InChI=1S/C19H23N3O/c1-14-6-8-15(9-7-14)11-21-19(23)16-10-18(13-20-12-16)22-17-4-2-3-5-17/h6-10,12-13,17,22H,2-5,11H2,1H3,(H,21,23). The molecule has 1 aromatic heterocycles. The molecule has 1 saturated carbocycles. The van der Waals surface area contributed by atoms with Gasteiger partial charge in [0, 0.05) is 25.0 Å². The van der Waals surface area contributed by atoms with Crippen LogP contribution in [0.2, 0.25) is 0 Å². The Kier molecular flexibility index (Phi) is 4.91. The van der Waals surface area contributed by atoms with Crippen LogP contribution in [0.1, 0.15) is 47.2 Å². The number of carbonyl (C=O) groups is 1. The van der Waals surface area contributed by atoms with Gasteiger partial charge < -0.3 is 10.6 Å². The van der Waals surface area contributed by atoms with Crippen LogP contribution in [0.15, 0.2) is 42.7 Å². The van der Waals surface area contributed by atoms with Gasteiger partial charge in [0.1, 0.15) is 0 Å². The molecule has 0 bridgehead atoms. The van der Waals surface area contributed by atoms with Crippen LogP contribution in [0, 0.1) is 6.92 Å². The van der Waals surface area contributed by atoms with Crippen LogP contribution in [-0.4, -0.2) is 16.9 Å². The lowest BCUT2D eigenvalue weighted by Gasteiger charge is -2.13. The fourth-order valence-electron chi connectivity index (χ4n) is 2.94. The highest BCUT2D eigenvalue weighted by Gasteiger charge is 2.15. The van der Waals surface area contributed by atoms with Crippen molar-refractivity contribution in [3.05, 3.63) is 59.4 Å². The first kappa shape index (κ1) is 15.5. The molecule has 4 nitrogen and oxygen atoms in total. The number of anilines is 1. The molecule has 0 saturated heterocycles. The Labute approximate surface area is 137 Å². The zero-order valence-corrected chi connectivity index (χ0v) is 13.5. The van der Waals surface area contributed by atoms with Gasteiger partial charge in [0.2, 0.25) is 0 Å². The van der Waals surface area contributed by atoms with Gasteiger partial charge in [0.15, 0.2) is 0 Å². The average molecular weight is 309 g/mol. The predicted octanol–water partition coefficient (Wildman–Crippen LogP) is 3.67. The molecule has 2 aromatic rings. The van der Waals surface area contributed by atoms with E-state index in [1.54, 1.807) is 12.4 Å². The van der Waals surface area contributed by atoms with Crippen molar-refractivity contribution in [3.8, 4) is 0 Å². The summed E-state index contributed by atoms with van der Waals surface area (Å²) in [5.74, 6) is -0.0897. The van der Waals surface area contributed by atoms with Crippen molar-refractivity contribution in [2.75, 3.05) is 5.32 Å². The molecule has 1 heterocycles. The molecule has 1 aliphatic carbocycles. The third-order valence-electron chi connectivity index (χ3n) is 4.30. The number of hydrogen-bond acceptors (Lipinski definition) is 3. The average Bonchev–Trinajstić information content (AvgIpc) is 3.07. The van der Waals surface area contributed by atoms with Crippen LogP contribution >= 0.6 is 0 Å². The second kappa shape index (κ2) is 7.27. The molecule has 2 N–H and O–H groups in total. The first-order valence-electron chi connectivity index (χ1n) is 8.26. The Balaban J connectivity index is 1.59. The van der Waals surface area contributed by atoms with Crippen LogP contribution in [0.25, 0.3) is 0 Å². The van der Waals surface area contributed by atoms with Gasteiger partial charge in [-0.1, -0.05) is 42.7 Å². The number of amides is 1. The van der Waals surface area contributed by atoms with E-state index < -0.39 is 0 Å². The van der Waals surface area contributed by atoms with Gasteiger partial charge in [-0.3, -0.25) is 9.78 Å². The molecule has 0 radical (unpaired) electrons. The molecule has 4 heteroatoms. The van der Waals surface area contributed by atoms with E-state index in [4.69, 9.17) is 0 Å². The molecule has 1 fully saturated rings. The minimum atomic E-state index is -0.0897. The summed E-state index contributed by atoms with van der Waals surface area (Å²) in [5.41, 5.74) is 3.84. The maximum absolute atomic E-state index is 12.3. The molecule has 3 rings (SSSR count). The topological polar surface area (TPSA) is 54.0 Å². The molecule has 120 valence electrons. The van der Waals surface area contributed by atoms with Gasteiger partial charge in [-0.15, -0.1) is 0 Å². The van der Waals surface area contributed by atoms with Crippen molar-refractivity contribution in [1.29, 1.82) is 0 Å². The molecule has 1 amide bonds. The zero-order chi connectivity index (χ0) is 16.1. The van der Waals surface area contributed by atoms with Crippen LogP contribution in [0.5, 0.6) is 0 Å². The molecular weight excluding hydrogens is 286 g/mol. The van der Waals surface area contributed by atoms with Gasteiger partial charge in [-0.25, -0.2) is 0 Å². The van der Waals surface area contributed by atoms with E-state index in [9.17, 15) is 4.79 Å². The van der Waals surface area contributed by atoms with E-state index in [1.807, 2.05) is 18.2 Å². The maximum atomic E-state index is 12.3. The Bertz CT molecular complexity index is 661. The largest absolute Gasteiger partial charge is 0.381 e. The van der Waals surface area contributed by atoms with Crippen LogP contribution < -0.4 is 10.6 Å². The van der Waals surface area contributed by atoms with E-state index in [0.29, 0.717) is 18.2 Å². The van der Waals surface area contributed by atoms with E-state index in [-0.39, 0.29) is 5.91 Å². The smallest absolute Gasteiger partial charge is 0.253 e.